The fraction of sp³-hybridized carbons (Fsp3) is 0.500. The quantitative estimate of drug-likeness (QED) is 0.746. The molecule has 1 heterocycles. The molecule has 1 fully saturated rings. The predicted molar refractivity (Wildman–Crippen MR) is 78.1 cm³/mol. The van der Waals surface area contributed by atoms with Crippen LogP contribution in [-0.4, -0.2) is 29.3 Å². The highest BCUT2D eigenvalue weighted by atomic mass is 79.9. The largest absolute Gasteiger partial charge is 0.336 e. The molecule has 1 aromatic carbocycles. The first-order valence-corrected chi connectivity index (χ1v) is 7.78. The molecule has 0 saturated carbocycles. The van der Waals surface area contributed by atoms with Crippen LogP contribution in [0.2, 0.25) is 0 Å². The number of halogens is 3. The standard InChI is InChI=1S/C14H16BrClFNO/c15-13-9-10(17)5-6-12(13)14(19)18-8-2-4-11(18)3-1-7-16/h5-6,9,11H,1-4,7-8H2. The van der Waals surface area contributed by atoms with Crippen LogP contribution in [0.25, 0.3) is 0 Å². The Morgan fingerprint density at radius 2 is 2.32 bits per heavy atom. The minimum atomic E-state index is -0.344. The van der Waals surface area contributed by atoms with E-state index < -0.39 is 0 Å². The molecule has 1 aliphatic heterocycles. The van der Waals surface area contributed by atoms with E-state index in [2.05, 4.69) is 15.9 Å². The molecule has 2 nitrogen and oxygen atoms in total. The molecule has 0 bridgehead atoms. The molecule has 19 heavy (non-hydrogen) atoms. The second kappa shape index (κ2) is 6.71. The third kappa shape index (κ3) is 3.48. The Labute approximate surface area is 126 Å². The van der Waals surface area contributed by atoms with Gasteiger partial charge in [0.2, 0.25) is 0 Å². The number of nitrogens with zero attached hydrogens (tertiary/aromatic N) is 1. The van der Waals surface area contributed by atoms with Gasteiger partial charge in [-0.3, -0.25) is 4.79 Å². The van der Waals surface area contributed by atoms with E-state index in [9.17, 15) is 9.18 Å². The molecule has 1 amide bonds. The van der Waals surface area contributed by atoms with Crippen molar-refractivity contribution in [3.05, 3.63) is 34.1 Å². The summed E-state index contributed by atoms with van der Waals surface area (Å²) in [5.74, 6) is 0.256. The third-order valence-corrected chi connectivity index (χ3v) is 4.39. The van der Waals surface area contributed by atoms with Gasteiger partial charge in [-0.1, -0.05) is 0 Å². The molecule has 1 saturated heterocycles. The van der Waals surface area contributed by atoms with Gasteiger partial charge in [-0.25, -0.2) is 4.39 Å². The molecule has 0 radical (unpaired) electrons. The van der Waals surface area contributed by atoms with E-state index >= 15 is 0 Å². The van der Waals surface area contributed by atoms with Crippen molar-refractivity contribution in [2.75, 3.05) is 12.4 Å². The number of carbonyl (C=O) groups is 1. The van der Waals surface area contributed by atoms with Crippen LogP contribution in [0.5, 0.6) is 0 Å². The number of rotatable bonds is 4. The zero-order chi connectivity index (χ0) is 13.8. The van der Waals surface area contributed by atoms with Crippen LogP contribution in [0.4, 0.5) is 4.39 Å². The van der Waals surface area contributed by atoms with Crippen LogP contribution in [0.3, 0.4) is 0 Å². The Morgan fingerprint density at radius 3 is 3.00 bits per heavy atom. The van der Waals surface area contributed by atoms with Gasteiger partial charge in [0.15, 0.2) is 0 Å². The molecule has 104 valence electrons. The number of hydrogen-bond donors (Lipinski definition) is 0. The first kappa shape index (κ1) is 14.8. The summed E-state index contributed by atoms with van der Waals surface area (Å²) in [6.45, 7) is 0.773. The molecule has 0 N–H and O–H groups in total. The SMILES string of the molecule is O=C(c1ccc(F)cc1Br)N1CCCC1CCCCl. The van der Waals surface area contributed by atoms with Gasteiger partial charge in [0.25, 0.3) is 5.91 Å². The Morgan fingerprint density at radius 1 is 1.53 bits per heavy atom. The molecule has 1 aliphatic rings. The van der Waals surface area contributed by atoms with Crippen LogP contribution in [0.1, 0.15) is 36.0 Å². The highest BCUT2D eigenvalue weighted by molar-refractivity contribution is 9.10. The number of likely N-dealkylation sites (tertiary alicyclic amines) is 1. The Kier molecular flexibility index (Phi) is 5.22. The fourth-order valence-corrected chi connectivity index (χ4v) is 3.21. The smallest absolute Gasteiger partial charge is 0.255 e. The van der Waals surface area contributed by atoms with Crippen molar-refractivity contribution in [3.8, 4) is 0 Å². The first-order valence-electron chi connectivity index (χ1n) is 6.45. The summed E-state index contributed by atoms with van der Waals surface area (Å²) in [5.41, 5.74) is 0.527. The van der Waals surface area contributed by atoms with Crippen LogP contribution in [0, 0.1) is 5.82 Å². The van der Waals surface area contributed by atoms with Gasteiger partial charge in [0.1, 0.15) is 5.82 Å². The summed E-state index contributed by atoms with van der Waals surface area (Å²) >= 11 is 8.97. The molecular weight excluding hydrogens is 333 g/mol. The van der Waals surface area contributed by atoms with Crippen LogP contribution in [0.15, 0.2) is 22.7 Å². The van der Waals surface area contributed by atoms with E-state index in [0.29, 0.717) is 15.9 Å². The molecule has 5 heteroatoms. The van der Waals surface area contributed by atoms with Gasteiger partial charge >= 0.3 is 0 Å². The van der Waals surface area contributed by atoms with Crippen molar-refractivity contribution in [1.29, 1.82) is 0 Å². The minimum absolute atomic E-state index is 0.0241. The normalized spacial score (nSPS) is 18.9. The maximum absolute atomic E-state index is 13.1. The van der Waals surface area contributed by atoms with E-state index in [4.69, 9.17) is 11.6 Å². The average Bonchev–Trinajstić information content (AvgIpc) is 2.83. The van der Waals surface area contributed by atoms with Gasteiger partial charge in [0, 0.05) is 22.9 Å². The van der Waals surface area contributed by atoms with Crippen molar-refractivity contribution >= 4 is 33.4 Å². The lowest BCUT2D eigenvalue weighted by Gasteiger charge is -2.25. The summed E-state index contributed by atoms with van der Waals surface area (Å²) < 4.78 is 13.6. The van der Waals surface area contributed by atoms with Gasteiger partial charge in [-0.15, -0.1) is 11.6 Å². The second-order valence-corrected chi connectivity index (χ2v) is 5.98. The molecule has 1 aromatic rings. The number of amides is 1. The Hall–Kier alpha value is -0.610. The molecule has 1 unspecified atom stereocenters. The minimum Gasteiger partial charge on any atom is -0.336 e. The lowest BCUT2D eigenvalue weighted by atomic mass is 10.1. The summed E-state index contributed by atoms with van der Waals surface area (Å²) in [6, 6.07) is 4.46. The van der Waals surface area contributed by atoms with E-state index in [0.717, 1.165) is 32.2 Å². The van der Waals surface area contributed by atoms with E-state index in [1.165, 1.54) is 12.1 Å². The molecule has 0 aliphatic carbocycles. The van der Waals surface area contributed by atoms with Crippen LogP contribution in [-0.2, 0) is 0 Å². The number of benzene rings is 1. The van der Waals surface area contributed by atoms with Gasteiger partial charge in [-0.2, -0.15) is 0 Å². The Bertz CT molecular complexity index is 469. The maximum atomic E-state index is 13.1. The van der Waals surface area contributed by atoms with E-state index in [1.807, 2.05) is 4.90 Å². The highest BCUT2D eigenvalue weighted by Gasteiger charge is 2.29. The van der Waals surface area contributed by atoms with Gasteiger partial charge in [0.05, 0.1) is 5.56 Å². The number of carbonyl (C=O) groups excluding carboxylic acids is 1. The van der Waals surface area contributed by atoms with Crippen molar-refractivity contribution in [1.82, 2.24) is 4.90 Å². The molecule has 0 spiro atoms. The average molecular weight is 349 g/mol. The van der Waals surface area contributed by atoms with Crippen molar-refractivity contribution in [2.24, 2.45) is 0 Å². The monoisotopic (exact) mass is 347 g/mol. The maximum Gasteiger partial charge on any atom is 0.255 e. The van der Waals surface area contributed by atoms with Crippen molar-refractivity contribution in [2.45, 2.75) is 31.7 Å². The number of hydrogen-bond acceptors (Lipinski definition) is 1. The van der Waals surface area contributed by atoms with Gasteiger partial charge in [-0.05, 0) is 59.8 Å². The fourth-order valence-electron chi connectivity index (χ4n) is 2.53. The van der Waals surface area contributed by atoms with Gasteiger partial charge < -0.3 is 4.90 Å². The van der Waals surface area contributed by atoms with Crippen LogP contribution >= 0.6 is 27.5 Å². The zero-order valence-electron chi connectivity index (χ0n) is 10.5. The second-order valence-electron chi connectivity index (χ2n) is 4.75. The molecule has 2 rings (SSSR count). The summed E-state index contributed by atoms with van der Waals surface area (Å²) in [4.78, 5) is 14.4. The lowest BCUT2D eigenvalue weighted by Crippen LogP contribution is -2.35. The predicted octanol–water partition coefficient (Wildman–Crippen LogP) is 4.21. The summed E-state index contributed by atoms with van der Waals surface area (Å²) in [5, 5.41) is 0. The third-order valence-electron chi connectivity index (χ3n) is 3.47. The van der Waals surface area contributed by atoms with Crippen molar-refractivity contribution < 1.29 is 9.18 Å². The molecular formula is C14H16BrClFNO. The van der Waals surface area contributed by atoms with Crippen molar-refractivity contribution in [3.63, 3.8) is 0 Å². The topological polar surface area (TPSA) is 20.3 Å². The van der Waals surface area contributed by atoms with E-state index in [-0.39, 0.29) is 17.8 Å². The lowest BCUT2D eigenvalue weighted by molar-refractivity contribution is 0.0729. The zero-order valence-corrected chi connectivity index (χ0v) is 12.9. The van der Waals surface area contributed by atoms with E-state index in [1.54, 1.807) is 6.07 Å². The Balaban J connectivity index is 2.13. The molecule has 0 aromatic heterocycles. The van der Waals surface area contributed by atoms with Crippen LogP contribution < -0.4 is 0 Å². The summed E-state index contributed by atoms with van der Waals surface area (Å²) in [7, 11) is 0. The first-order chi connectivity index (χ1) is 9.13. The highest BCUT2D eigenvalue weighted by Crippen LogP contribution is 2.26. The molecule has 1 atom stereocenters. The summed E-state index contributed by atoms with van der Waals surface area (Å²) in [6.07, 6.45) is 3.91. The number of alkyl halides is 1.